The van der Waals surface area contributed by atoms with Crippen LogP contribution in [0.25, 0.3) is 0 Å². The lowest BCUT2D eigenvalue weighted by Crippen LogP contribution is -2.63. The van der Waals surface area contributed by atoms with Gasteiger partial charge in [-0.15, -0.1) is 0 Å². The zero-order chi connectivity index (χ0) is 37.0. The van der Waals surface area contributed by atoms with Crippen molar-refractivity contribution in [3.63, 3.8) is 0 Å². The summed E-state index contributed by atoms with van der Waals surface area (Å²) in [6.07, 6.45) is -2.13. The molecule has 294 valence electrons. The predicted octanol–water partition coefficient (Wildman–Crippen LogP) is 1.75. The Morgan fingerprint density at radius 2 is 1.67 bits per heavy atom. The number of cyclic esters (lactones) is 1. The maximum atomic E-state index is 12.7. The van der Waals surface area contributed by atoms with Gasteiger partial charge in [-0.1, -0.05) is 13.8 Å². The van der Waals surface area contributed by atoms with Gasteiger partial charge in [0.2, 0.25) is 0 Å². The van der Waals surface area contributed by atoms with Gasteiger partial charge in [0.25, 0.3) is 0 Å². The molecule has 4 saturated carbocycles. The van der Waals surface area contributed by atoms with Crippen molar-refractivity contribution in [1.82, 2.24) is 0 Å². The maximum absolute atomic E-state index is 12.7. The molecule has 0 radical (unpaired) electrons. The van der Waals surface area contributed by atoms with E-state index in [-0.39, 0.29) is 52.2 Å². The van der Waals surface area contributed by atoms with Crippen LogP contribution in [0, 0.1) is 34.5 Å². The molecule has 1 unspecified atom stereocenters. The largest absolute Gasteiger partial charge is 0.465 e. The molecule has 2 spiro atoms. The minimum Gasteiger partial charge on any atom is -0.465 e. The van der Waals surface area contributed by atoms with Crippen molar-refractivity contribution >= 4 is 11.9 Å². The standard InChI is InChI=1S/C38H58O14/c1-18-32(51-34-31(44)30(43)29(42)25(16-39)50-34)24(45-5)15-28(47-18)49-23-8-10-35(3)22(33(23)48-19(2)40)6-12-37-26(35)9-11-36(4)21(7-13-38(36,37)52-37)20-14-27(41)46-17-20/h18,20-26,28-34,39,42-44H,6-17H2,1-5H3/t18-,20?,21-,22+,23+,24-,25-,26-,28+,29-,30+,31-,32+,33-,34+,35+,36-,37+,38-/m1/s1. The number of carbonyl (C=O) groups is 2. The van der Waals surface area contributed by atoms with E-state index in [1.165, 1.54) is 6.92 Å². The van der Waals surface area contributed by atoms with Crippen molar-refractivity contribution in [2.45, 2.75) is 171 Å². The zero-order valence-corrected chi connectivity index (χ0v) is 31.0. The number of methoxy groups -OCH3 is 1. The van der Waals surface area contributed by atoms with Gasteiger partial charge in [0.05, 0.1) is 37.9 Å². The first-order chi connectivity index (χ1) is 24.7. The van der Waals surface area contributed by atoms with Crippen molar-refractivity contribution < 1.29 is 67.9 Å². The van der Waals surface area contributed by atoms with E-state index in [1.54, 1.807) is 14.0 Å². The van der Waals surface area contributed by atoms with E-state index >= 15 is 0 Å². The number of carbonyl (C=O) groups excluding carboxylic acids is 2. The van der Waals surface area contributed by atoms with Crippen LogP contribution in [0.4, 0.5) is 0 Å². The van der Waals surface area contributed by atoms with Gasteiger partial charge < -0.3 is 58.3 Å². The summed E-state index contributed by atoms with van der Waals surface area (Å²) >= 11 is 0. The van der Waals surface area contributed by atoms with Crippen molar-refractivity contribution in [2.24, 2.45) is 34.5 Å². The maximum Gasteiger partial charge on any atom is 0.306 e. The summed E-state index contributed by atoms with van der Waals surface area (Å²) in [5, 5.41) is 40.7. The van der Waals surface area contributed by atoms with Gasteiger partial charge in [-0.2, -0.15) is 0 Å². The molecule has 0 aromatic carbocycles. The third-order valence-corrected chi connectivity index (χ3v) is 15.4. The van der Waals surface area contributed by atoms with Gasteiger partial charge in [-0.05, 0) is 75.5 Å². The molecule has 52 heavy (non-hydrogen) atoms. The molecule has 0 aromatic rings. The SMILES string of the molecule is CO[C@@H]1C[C@H](O[C@H]2CC[C@]3(C)[C@H]4CC[C@]5(C)[C@@H](C6COC(=O)C6)CC[C@@]56O[C@@]46CC[C@H]3[C@H]2OC(C)=O)O[C@H](C)[C@@H]1O[C@@H]1O[C@H](CO)[C@@H](O)[C@H](O)[C@H]1O. The lowest BCUT2D eigenvalue weighted by atomic mass is 9.44. The Balaban J connectivity index is 0.959. The van der Waals surface area contributed by atoms with E-state index in [1.807, 2.05) is 0 Å². The number of fused-ring (bicyclic) bond motifs is 2. The molecule has 0 aromatic heterocycles. The highest BCUT2D eigenvalue weighted by molar-refractivity contribution is 5.71. The second kappa shape index (κ2) is 13.3. The molecule has 19 atom stereocenters. The number of aliphatic hydroxyl groups is 4. The van der Waals surface area contributed by atoms with Crippen molar-refractivity contribution in [1.29, 1.82) is 0 Å². The summed E-state index contributed by atoms with van der Waals surface area (Å²) in [6, 6.07) is 0. The molecule has 14 nitrogen and oxygen atoms in total. The fraction of sp³-hybridized carbons (Fsp3) is 0.947. The van der Waals surface area contributed by atoms with Crippen molar-refractivity contribution in [3.05, 3.63) is 0 Å². The number of esters is 2. The van der Waals surface area contributed by atoms with Gasteiger partial charge in [0.1, 0.15) is 47.8 Å². The number of ether oxygens (including phenoxy) is 8. The quantitative estimate of drug-likeness (QED) is 0.160. The van der Waals surface area contributed by atoms with Crippen LogP contribution in [0.15, 0.2) is 0 Å². The second-order valence-corrected chi connectivity index (χ2v) is 17.6. The number of aliphatic hydroxyl groups excluding tert-OH is 4. The molecule has 4 N–H and O–H groups in total. The fourth-order valence-electron chi connectivity index (χ4n) is 12.9. The Kier molecular flexibility index (Phi) is 9.61. The Morgan fingerprint density at radius 1 is 0.904 bits per heavy atom. The summed E-state index contributed by atoms with van der Waals surface area (Å²) < 4.78 is 49.3. The Morgan fingerprint density at radius 3 is 2.37 bits per heavy atom. The molecular formula is C38H58O14. The molecular weight excluding hydrogens is 680 g/mol. The molecule has 14 heteroatoms. The Labute approximate surface area is 305 Å². The van der Waals surface area contributed by atoms with E-state index in [9.17, 15) is 30.0 Å². The predicted molar refractivity (Wildman–Crippen MR) is 178 cm³/mol. The van der Waals surface area contributed by atoms with Crippen LogP contribution in [-0.4, -0.2) is 131 Å². The topological polar surface area (TPSA) is 192 Å². The molecule has 4 aliphatic carbocycles. The second-order valence-electron chi connectivity index (χ2n) is 17.6. The highest BCUT2D eigenvalue weighted by Crippen LogP contribution is 2.81. The first kappa shape index (κ1) is 37.5. The van der Waals surface area contributed by atoms with Crippen LogP contribution in [0.2, 0.25) is 0 Å². The summed E-state index contributed by atoms with van der Waals surface area (Å²) in [4.78, 5) is 24.8. The van der Waals surface area contributed by atoms with Crippen LogP contribution < -0.4 is 0 Å². The highest BCUT2D eigenvalue weighted by Gasteiger charge is 2.86. The summed E-state index contributed by atoms with van der Waals surface area (Å²) in [6.45, 7) is 8.01. The van der Waals surface area contributed by atoms with Crippen LogP contribution in [0.5, 0.6) is 0 Å². The minimum atomic E-state index is -1.57. The molecule has 4 saturated heterocycles. The Bertz CT molecular complexity index is 1380. The number of epoxide rings is 1. The third kappa shape index (κ3) is 5.48. The average molecular weight is 739 g/mol. The molecule has 4 aliphatic heterocycles. The molecule has 8 fully saturated rings. The number of rotatable bonds is 8. The minimum absolute atomic E-state index is 0.0121. The van der Waals surface area contributed by atoms with Crippen LogP contribution >= 0.6 is 0 Å². The molecule has 8 rings (SSSR count). The smallest absolute Gasteiger partial charge is 0.306 e. The first-order valence-corrected chi connectivity index (χ1v) is 19.5. The van der Waals surface area contributed by atoms with Gasteiger partial charge in [0, 0.05) is 37.7 Å². The van der Waals surface area contributed by atoms with E-state index in [2.05, 4.69) is 13.8 Å². The number of hydrogen-bond acceptors (Lipinski definition) is 14. The fourth-order valence-corrected chi connectivity index (χ4v) is 12.9. The summed E-state index contributed by atoms with van der Waals surface area (Å²) in [7, 11) is 1.55. The van der Waals surface area contributed by atoms with Crippen LogP contribution in [0.1, 0.15) is 91.9 Å². The van der Waals surface area contributed by atoms with E-state index in [0.29, 0.717) is 31.3 Å². The lowest BCUT2D eigenvalue weighted by molar-refractivity contribution is -0.347. The lowest BCUT2D eigenvalue weighted by Gasteiger charge is -2.60. The Hall–Kier alpha value is -1.46. The zero-order valence-electron chi connectivity index (χ0n) is 31.0. The van der Waals surface area contributed by atoms with Crippen molar-refractivity contribution in [2.75, 3.05) is 20.3 Å². The first-order valence-electron chi connectivity index (χ1n) is 19.5. The van der Waals surface area contributed by atoms with E-state index in [4.69, 9.17) is 37.9 Å². The third-order valence-electron chi connectivity index (χ3n) is 15.4. The van der Waals surface area contributed by atoms with Gasteiger partial charge in [-0.25, -0.2) is 0 Å². The molecule has 0 bridgehead atoms. The summed E-state index contributed by atoms with van der Waals surface area (Å²) in [5.74, 6) is 0.667. The molecule has 8 aliphatic rings. The van der Waals surface area contributed by atoms with Crippen LogP contribution in [0.3, 0.4) is 0 Å². The summed E-state index contributed by atoms with van der Waals surface area (Å²) in [5.41, 5.74) is -0.472. The highest BCUT2D eigenvalue weighted by atomic mass is 16.7. The molecule has 4 heterocycles. The van der Waals surface area contributed by atoms with Gasteiger partial charge >= 0.3 is 11.9 Å². The number of hydrogen-bond donors (Lipinski definition) is 4. The van der Waals surface area contributed by atoms with E-state index < -0.39 is 74.1 Å². The van der Waals surface area contributed by atoms with Crippen LogP contribution in [-0.2, 0) is 47.5 Å². The molecule has 0 amide bonds. The van der Waals surface area contributed by atoms with Gasteiger partial charge in [0.15, 0.2) is 12.6 Å². The average Bonchev–Trinajstić information content (AvgIpc) is 3.41. The monoisotopic (exact) mass is 738 g/mol. The van der Waals surface area contributed by atoms with Crippen molar-refractivity contribution in [3.8, 4) is 0 Å². The van der Waals surface area contributed by atoms with Gasteiger partial charge in [-0.3, -0.25) is 9.59 Å². The van der Waals surface area contributed by atoms with E-state index in [0.717, 1.165) is 44.9 Å². The normalized spacial score (nSPS) is 55.4.